The molecular weight excluding hydrogens is 302 g/mol. The summed E-state index contributed by atoms with van der Waals surface area (Å²) in [4.78, 5) is 7.88. The number of nitrogens with one attached hydrogen (secondary N) is 2. The molecule has 0 saturated carbocycles. The van der Waals surface area contributed by atoms with E-state index in [-0.39, 0.29) is 5.41 Å². The third kappa shape index (κ3) is 3.15. The minimum absolute atomic E-state index is 0.00435. The molecule has 3 rings (SSSR count). The Hall–Kier alpha value is -2.69. The van der Waals surface area contributed by atoms with E-state index in [0.29, 0.717) is 11.5 Å². The van der Waals surface area contributed by atoms with Crippen LogP contribution in [0.5, 0.6) is 11.5 Å². The fourth-order valence-electron chi connectivity index (χ4n) is 2.72. The highest BCUT2D eigenvalue weighted by atomic mass is 16.5. The SMILES string of the molecule is COc1cc2nc(NCC(C)(C)c3ccccc3)[nH]c2cc1OC. The summed E-state index contributed by atoms with van der Waals surface area (Å²) in [6.45, 7) is 5.19. The van der Waals surface area contributed by atoms with Gasteiger partial charge in [0.2, 0.25) is 5.95 Å². The summed E-state index contributed by atoms with van der Waals surface area (Å²) in [6, 6.07) is 14.2. The zero-order valence-corrected chi connectivity index (χ0v) is 14.5. The number of nitrogens with zero attached hydrogens (tertiary/aromatic N) is 1. The number of benzene rings is 2. The summed E-state index contributed by atoms with van der Waals surface area (Å²) < 4.78 is 10.7. The van der Waals surface area contributed by atoms with Gasteiger partial charge in [-0.25, -0.2) is 4.98 Å². The van der Waals surface area contributed by atoms with E-state index in [2.05, 4.69) is 53.4 Å². The van der Waals surface area contributed by atoms with Gasteiger partial charge in [0, 0.05) is 24.1 Å². The van der Waals surface area contributed by atoms with Gasteiger partial charge >= 0.3 is 0 Å². The number of ether oxygens (including phenoxy) is 2. The van der Waals surface area contributed by atoms with Crippen molar-refractivity contribution in [1.29, 1.82) is 0 Å². The number of fused-ring (bicyclic) bond motifs is 1. The lowest BCUT2D eigenvalue weighted by atomic mass is 9.85. The largest absolute Gasteiger partial charge is 0.493 e. The van der Waals surface area contributed by atoms with Gasteiger partial charge in [-0.15, -0.1) is 0 Å². The van der Waals surface area contributed by atoms with Gasteiger partial charge in [-0.2, -0.15) is 0 Å². The number of hydrogen-bond acceptors (Lipinski definition) is 4. The van der Waals surface area contributed by atoms with E-state index < -0.39 is 0 Å². The fourth-order valence-corrected chi connectivity index (χ4v) is 2.72. The van der Waals surface area contributed by atoms with Crippen LogP contribution in [0, 0.1) is 0 Å². The summed E-state index contributed by atoms with van der Waals surface area (Å²) in [6.07, 6.45) is 0. The smallest absolute Gasteiger partial charge is 0.201 e. The van der Waals surface area contributed by atoms with Crippen LogP contribution in [0.3, 0.4) is 0 Å². The molecule has 0 aliphatic carbocycles. The number of aromatic amines is 1. The van der Waals surface area contributed by atoms with Crippen LogP contribution in [0.15, 0.2) is 42.5 Å². The van der Waals surface area contributed by atoms with E-state index in [4.69, 9.17) is 9.47 Å². The van der Waals surface area contributed by atoms with E-state index >= 15 is 0 Å². The summed E-state index contributed by atoms with van der Waals surface area (Å²) in [5, 5.41) is 3.40. The molecule has 0 unspecified atom stereocenters. The Morgan fingerprint density at radius 1 is 1.04 bits per heavy atom. The molecule has 0 spiro atoms. The van der Waals surface area contributed by atoms with Gasteiger partial charge < -0.3 is 19.8 Å². The van der Waals surface area contributed by atoms with Crippen LogP contribution in [0.2, 0.25) is 0 Å². The van der Waals surface area contributed by atoms with Crippen LogP contribution in [-0.4, -0.2) is 30.7 Å². The molecule has 0 bridgehead atoms. The molecule has 0 aliphatic rings. The Morgan fingerprint density at radius 3 is 2.38 bits per heavy atom. The number of imidazole rings is 1. The van der Waals surface area contributed by atoms with E-state index in [1.807, 2.05) is 18.2 Å². The molecule has 126 valence electrons. The predicted molar refractivity (Wildman–Crippen MR) is 97.2 cm³/mol. The maximum absolute atomic E-state index is 5.33. The van der Waals surface area contributed by atoms with Crippen molar-refractivity contribution in [3.8, 4) is 11.5 Å². The monoisotopic (exact) mass is 325 g/mol. The fraction of sp³-hybridized carbons (Fsp3) is 0.316. The molecule has 5 nitrogen and oxygen atoms in total. The highest BCUT2D eigenvalue weighted by molar-refractivity contribution is 5.81. The first-order valence-electron chi connectivity index (χ1n) is 7.94. The van der Waals surface area contributed by atoms with Gasteiger partial charge in [-0.1, -0.05) is 44.2 Å². The average Bonchev–Trinajstić information content (AvgIpc) is 3.01. The van der Waals surface area contributed by atoms with Crippen molar-refractivity contribution in [1.82, 2.24) is 9.97 Å². The molecule has 5 heteroatoms. The number of rotatable bonds is 6. The average molecular weight is 325 g/mol. The van der Waals surface area contributed by atoms with Crippen LogP contribution in [0.25, 0.3) is 11.0 Å². The molecule has 1 heterocycles. The molecule has 0 fully saturated rings. The normalized spacial score (nSPS) is 11.5. The molecule has 2 aromatic carbocycles. The van der Waals surface area contributed by atoms with E-state index in [1.54, 1.807) is 14.2 Å². The molecule has 2 N–H and O–H groups in total. The number of aromatic nitrogens is 2. The second-order valence-electron chi connectivity index (χ2n) is 6.41. The Morgan fingerprint density at radius 2 is 1.71 bits per heavy atom. The minimum atomic E-state index is -0.00435. The summed E-state index contributed by atoms with van der Waals surface area (Å²) in [5.74, 6) is 2.10. The number of H-pyrrole nitrogens is 1. The van der Waals surface area contributed by atoms with Crippen molar-refractivity contribution in [2.75, 3.05) is 26.1 Å². The van der Waals surface area contributed by atoms with Gasteiger partial charge in [0.05, 0.1) is 25.3 Å². The zero-order chi connectivity index (χ0) is 17.2. The molecule has 0 radical (unpaired) electrons. The van der Waals surface area contributed by atoms with Crippen molar-refractivity contribution in [3.63, 3.8) is 0 Å². The summed E-state index contributed by atoms with van der Waals surface area (Å²) in [5.41, 5.74) is 3.03. The molecule has 3 aromatic rings. The van der Waals surface area contributed by atoms with Crippen LogP contribution < -0.4 is 14.8 Å². The van der Waals surface area contributed by atoms with Crippen molar-refractivity contribution < 1.29 is 9.47 Å². The second-order valence-corrected chi connectivity index (χ2v) is 6.41. The van der Waals surface area contributed by atoms with E-state index in [9.17, 15) is 0 Å². The van der Waals surface area contributed by atoms with Gasteiger partial charge in [-0.3, -0.25) is 0 Å². The molecule has 0 atom stereocenters. The van der Waals surface area contributed by atoms with Crippen LogP contribution >= 0.6 is 0 Å². The predicted octanol–water partition coefficient (Wildman–Crippen LogP) is 3.97. The van der Waals surface area contributed by atoms with Crippen molar-refractivity contribution in [2.45, 2.75) is 19.3 Å². The van der Waals surface area contributed by atoms with Crippen LogP contribution in [-0.2, 0) is 5.41 Å². The molecule has 0 aliphatic heterocycles. The third-order valence-electron chi connectivity index (χ3n) is 4.24. The number of anilines is 1. The zero-order valence-electron chi connectivity index (χ0n) is 14.5. The number of hydrogen-bond donors (Lipinski definition) is 2. The first kappa shape index (κ1) is 16.2. The van der Waals surface area contributed by atoms with Gasteiger partial charge in [0.1, 0.15) is 0 Å². The maximum atomic E-state index is 5.33. The Kier molecular flexibility index (Phi) is 4.34. The lowest BCUT2D eigenvalue weighted by Gasteiger charge is -2.25. The standard InChI is InChI=1S/C19H23N3O2/c1-19(2,13-8-6-5-7-9-13)12-20-18-21-14-10-16(23-3)17(24-4)11-15(14)22-18/h5-11H,12H2,1-4H3,(H2,20,21,22). The maximum Gasteiger partial charge on any atom is 0.201 e. The minimum Gasteiger partial charge on any atom is -0.493 e. The lowest BCUT2D eigenvalue weighted by molar-refractivity contribution is 0.356. The van der Waals surface area contributed by atoms with Gasteiger partial charge in [0.25, 0.3) is 0 Å². The summed E-state index contributed by atoms with van der Waals surface area (Å²) >= 11 is 0. The highest BCUT2D eigenvalue weighted by Gasteiger charge is 2.20. The first-order chi connectivity index (χ1) is 11.5. The molecular formula is C19H23N3O2. The number of methoxy groups -OCH3 is 2. The Bertz CT molecular complexity index is 784. The van der Waals surface area contributed by atoms with Crippen LogP contribution in [0.1, 0.15) is 19.4 Å². The first-order valence-corrected chi connectivity index (χ1v) is 7.94. The lowest BCUT2D eigenvalue weighted by Crippen LogP contribution is -2.27. The van der Waals surface area contributed by atoms with Crippen molar-refractivity contribution in [2.24, 2.45) is 0 Å². The highest BCUT2D eigenvalue weighted by Crippen LogP contribution is 2.32. The summed E-state index contributed by atoms with van der Waals surface area (Å²) in [7, 11) is 3.25. The van der Waals surface area contributed by atoms with E-state index in [0.717, 1.165) is 23.5 Å². The molecule has 24 heavy (non-hydrogen) atoms. The van der Waals surface area contributed by atoms with Crippen LogP contribution in [0.4, 0.5) is 5.95 Å². The Balaban J connectivity index is 1.80. The van der Waals surface area contributed by atoms with E-state index in [1.165, 1.54) is 5.56 Å². The Labute approximate surface area is 142 Å². The third-order valence-corrected chi connectivity index (χ3v) is 4.24. The molecule has 0 saturated heterocycles. The molecule has 0 amide bonds. The van der Waals surface area contributed by atoms with Gasteiger partial charge in [-0.05, 0) is 5.56 Å². The quantitative estimate of drug-likeness (QED) is 0.720. The van der Waals surface area contributed by atoms with Gasteiger partial charge in [0.15, 0.2) is 11.5 Å². The molecule has 1 aromatic heterocycles. The van der Waals surface area contributed by atoms with Crippen molar-refractivity contribution in [3.05, 3.63) is 48.0 Å². The topological polar surface area (TPSA) is 59.2 Å². The van der Waals surface area contributed by atoms with Crippen molar-refractivity contribution >= 4 is 17.0 Å². The second kappa shape index (κ2) is 6.43.